The van der Waals surface area contributed by atoms with Crippen molar-refractivity contribution in [1.29, 1.82) is 0 Å². The molecule has 1 saturated heterocycles. The van der Waals surface area contributed by atoms with Crippen molar-refractivity contribution in [2.75, 3.05) is 4.90 Å². The predicted octanol–water partition coefficient (Wildman–Crippen LogP) is 3.77. The smallest absolute Gasteiger partial charge is 0.273 e. The van der Waals surface area contributed by atoms with Crippen molar-refractivity contribution in [1.82, 2.24) is 5.32 Å². The van der Waals surface area contributed by atoms with Crippen molar-refractivity contribution in [2.45, 2.75) is 0 Å². The number of benzene rings is 2. The lowest BCUT2D eigenvalue weighted by atomic mass is 10.1. The first-order valence-corrected chi connectivity index (χ1v) is 8.06. The second-order valence-electron chi connectivity index (χ2n) is 4.96. The molecule has 0 radical (unpaired) electrons. The Hall–Kier alpha value is -2.44. The number of nitrogens with one attached hydrogen (secondary N) is 1. The van der Waals surface area contributed by atoms with Crippen LogP contribution in [0.4, 0.5) is 10.5 Å². The van der Waals surface area contributed by atoms with Crippen LogP contribution < -0.4 is 10.2 Å². The topological polar surface area (TPSA) is 66.5 Å². The van der Waals surface area contributed by atoms with E-state index in [4.69, 9.17) is 11.6 Å². The highest BCUT2D eigenvalue weighted by molar-refractivity contribution is 9.10. The molecule has 1 aliphatic rings. The second-order valence-corrected chi connectivity index (χ2v) is 6.25. The van der Waals surface area contributed by atoms with Gasteiger partial charge >= 0.3 is 6.03 Å². The van der Waals surface area contributed by atoms with Gasteiger partial charge in [0.05, 0.1) is 5.69 Å². The molecular weight excluding hydrogens is 396 g/mol. The van der Waals surface area contributed by atoms with Gasteiger partial charge in [-0.25, -0.2) is 9.69 Å². The van der Waals surface area contributed by atoms with Crippen molar-refractivity contribution in [3.63, 3.8) is 0 Å². The lowest BCUT2D eigenvalue weighted by molar-refractivity contribution is -0.122. The number of anilines is 1. The van der Waals surface area contributed by atoms with Crippen molar-refractivity contribution >= 4 is 57.1 Å². The van der Waals surface area contributed by atoms with Crippen LogP contribution in [0.3, 0.4) is 0 Å². The summed E-state index contributed by atoms with van der Waals surface area (Å²) in [6.45, 7) is 0. The first-order chi connectivity index (χ1) is 11.5. The molecule has 0 aliphatic carbocycles. The molecule has 0 atom stereocenters. The first kappa shape index (κ1) is 16.4. The molecule has 3 rings (SSSR count). The summed E-state index contributed by atoms with van der Waals surface area (Å²) in [6.07, 6.45) is 1.44. The van der Waals surface area contributed by atoms with E-state index in [1.165, 1.54) is 18.2 Å². The van der Waals surface area contributed by atoms with Gasteiger partial charge in [-0.3, -0.25) is 14.9 Å². The van der Waals surface area contributed by atoms with E-state index in [1.54, 1.807) is 30.3 Å². The van der Waals surface area contributed by atoms with Gasteiger partial charge in [0.15, 0.2) is 0 Å². The highest BCUT2D eigenvalue weighted by Crippen LogP contribution is 2.25. The molecule has 5 nitrogen and oxygen atoms in total. The number of hydrogen-bond acceptors (Lipinski definition) is 3. The molecule has 120 valence electrons. The van der Waals surface area contributed by atoms with Crippen LogP contribution in [0.15, 0.2) is 58.6 Å². The zero-order valence-electron chi connectivity index (χ0n) is 12.1. The molecule has 0 unspecified atom stereocenters. The molecule has 0 saturated carbocycles. The molecule has 0 aromatic heterocycles. The maximum Gasteiger partial charge on any atom is 0.335 e. The molecule has 1 heterocycles. The number of hydrogen-bond donors (Lipinski definition) is 1. The summed E-state index contributed by atoms with van der Waals surface area (Å²) in [4.78, 5) is 37.7. The summed E-state index contributed by atoms with van der Waals surface area (Å²) in [7, 11) is 0. The van der Waals surface area contributed by atoms with Crippen LogP contribution in [0.2, 0.25) is 5.02 Å². The van der Waals surface area contributed by atoms with E-state index < -0.39 is 17.8 Å². The fourth-order valence-electron chi connectivity index (χ4n) is 2.23. The Kier molecular flexibility index (Phi) is 4.51. The maximum atomic E-state index is 12.7. The van der Waals surface area contributed by atoms with Gasteiger partial charge in [-0.1, -0.05) is 45.7 Å². The predicted molar refractivity (Wildman–Crippen MR) is 94.6 cm³/mol. The van der Waals surface area contributed by atoms with Crippen molar-refractivity contribution in [2.24, 2.45) is 0 Å². The largest absolute Gasteiger partial charge is 0.335 e. The van der Waals surface area contributed by atoms with E-state index in [-0.39, 0.29) is 5.57 Å². The summed E-state index contributed by atoms with van der Waals surface area (Å²) in [5.74, 6) is -1.42. The number of carbonyl (C=O) groups excluding carboxylic acids is 3. The normalized spacial score (nSPS) is 16.5. The molecule has 4 amide bonds. The van der Waals surface area contributed by atoms with Gasteiger partial charge in [-0.05, 0) is 42.0 Å². The van der Waals surface area contributed by atoms with Crippen LogP contribution in [0.25, 0.3) is 6.08 Å². The summed E-state index contributed by atoms with van der Waals surface area (Å²) >= 11 is 9.19. The van der Waals surface area contributed by atoms with Crippen LogP contribution in [0.1, 0.15) is 5.56 Å². The summed E-state index contributed by atoms with van der Waals surface area (Å²) in [5, 5.41) is 2.65. The van der Waals surface area contributed by atoms with Crippen LogP contribution >= 0.6 is 27.5 Å². The van der Waals surface area contributed by atoms with Crippen molar-refractivity contribution < 1.29 is 14.4 Å². The number of halogens is 2. The van der Waals surface area contributed by atoms with E-state index in [0.29, 0.717) is 16.3 Å². The fourth-order valence-corrected chi connectivity index (χ4v) is 2.75. The highest BCUT2D eigenvalue weighted by atomic mass is 79.9. The maximum absolute atomic E-state index is 12.7. The number of barbiturate groups is 1. The molecule has 1 fully saturated rings. The third-order valence-corrected chi connectivity index (χ3v) is 4.37. The molecule has 1 aliphatic heterocycles. The average Bonchev–Trinajstić information content (AvgIpc) is 2.54. The number of carbonyl (C=O) groups is 3. The molecule has 24 heavy (non-hydrogen) atoms. The minimum Gasteiger partial charge on any atom is -0.273 e. The van der Waals surface area contributed by atoms with Crippen LogP contribution in [0, 0.1) is 0 Å². The van der Waals surface area contributed by atoms with E-state index in [2.05, 4.69) is 21.2 Å². The van der Waals surface area contributed by atoms with Gasteiger partial charge in [0, 0.05) is 9.50 Å². The summed E-state index contributed by atoms with van der Waals surface area (Å²) < 4.78 is 0.730. The minimum absolute atomic E-state index is 0.128. The van der Waals surface area contributed by atoms with E-state index in [1.807, 2.05) is 6.07 Å². The molecule has 0 bridgehead atoms. The second kappa shape index (κ2) is 6.59. The van der Waals surface area contributed by atoms with E-state index >= 15 is 0 Å². The van der Waals surface area contributed by atoms with Gasteiger partial charge in [-0.15, -0.1) is 0 Å². The quantitative estimate of drug-likeness (QED) is 0.611. The molecule has 0 spiro atoms. The van der Waals surface area contributed by atoms with Gasteiger partial charge in [0.25, 0.3) is 11.8 Å². The highest BCUT2D eigenvalue weighted by Gasteiger charge is 2.36. The summed E-state index contributed by atoms with van der Waals surface area (Å²) in [6, 6.07) is 12.5. The lowest BCUT2D eigenvalue weighted by Gasteiger charge is -2.26. The van der Waals surface area contributed by atoms with Gasteiger partial charge in [-0.2, -0.15) is 0 Å². The Morgan fingerprint density at radius 1 is 1.00 bits per heavy atom. The SMILES string of the molecule is O=C1NC(=O)N(c2ccc(Cl)cc2)C(=O)/C1=C\c1ccccc1Br. The Bertz CT molecular complexity index is 878. The number of amides is 4. The van der Waals surface area contributed by atoms with Crippen molar-refractivity contribution in [3.05, 3.63) is 69.2 Å². The monoisotopic (exact) mass is 404 g/mol. The minimum atomic E-state index is -0.795. The number of urea groups is 1. The molecule has 2 aromatic rings. The van der Waals surface area contributed by atoms with Gasteiger partial charge in [0.2, 0.25) is 0 Å². The van der Waals surface area contributed by atoms with Crippen molar-refractivity contribution in [3.8, 4) is 0 Å². The van der Waals surface area contributed by atoms with E-state index in [0.717, 1.165) is 9.37 Å². The Balaban J connectivity index is 2.03. The lowest BCUT2D eigenvalue weighted by Crippen LogP contribution is -2.54. The zero-order valence-corrected chi connectivity index (χ0v) is 14.5. The van der Waals surface area contributed by atoms with Crippen LogP contribution in [-0.2, 0) is 9.59 Å². The molecule has 7 heteroatoms. The standard InChI is InChI=1S/C17H10BrClN2O3/c18-14-4-2-1-3-10(14)9-13-15(22)20-17(24)21(16(13)23)12-7-5-11(19)6-8-12/h1-9H,(H,20,22,24)/b13-9-. The third kappa shape index (κ3) is 3.11. The molecule has 2 aromatic carbocycles. The first-order valence-electron chi connectivity index (χ1n) is 6.89. The number of imide groups is 2. The zero-order chi connectivity index (χ0) is 17.3. The Labute approximate surface area is 151 Å². The van der Waals surface area contributed by atoms with Crippen LogP contribution in [-0.4, -0.2) is 17.8 Å². The third-order valence-electron chi connectivity index (χ3n) is 3.39. The Morgan fingerprint density at radius 3 is 2.33 bits per heavy atom. The van der Waals surface area contributed by atoms with Gasteiger partial charge in [0.1, 0.15) is 5.57 Å². The average molecular weight is 406 g/mol. The number of nitrogens with zero attached hydrogens (tertiary/aromatic N) is 1. The summed E-state index contributed by atoms with van der Waals surface area (Å²) in [5.41, 5.74) is 0.852. The molecule has 1 N–H and O–H groups in total. The molecular formula is C17H10BrClN2O3. The number of rotatable bonds is 2. The Morgan fingerprint density at radius 2 is 1.67 bits per heavy atom. The van der Waals surface area contributed by atoms with Gasteiger partial charge < -0.3 is 0 Å². The van der Waals surface area contributed by atoms with Crippen LogP contribution in [0.5, 0.6) is 0 Å². The van der Waals surface area contributed by atoms with E-state index in [9.17, 15) is 14.4 Å². The fraction of sp³-hybridized carbons (Fsp3) is 0.